The van der Waals surface area contributed by atoms with Gasteiger partial charge in [0.1, 0.15) is 5.75 Å². The van der Waals surface area contributed by atoms with Crippen LogP contribution in [0.15, 0.2) is 18.2 Å². The molecule has 1 aromatic rings. The molecule has 5 nitrogen and oxygen atoms in total. The Morgan fingerprint density at radius 2 is 2.04 bits per heavy atom. The molecule has 8 heteroatoms. The van der Waals surface area contributed by atoms with Crippen LogP contribution in [0.4, 0.5) is 18.9 Å². The lowest BCUT2D eigenvalue weighted by molar-refractivity contribution is -0.137. The molecule has 0 saturated carbocycles. The van der Waals surface area contributed by atoms with Crippen molar-refractivity contribution in [1.82, 2.24) is 4.90 Å². The number of rotatable bonds is 4. The molecule has 1 N–H and O–H groups in total. The van der Waals surface area contributed by atoms with Gasteiger partial charge in [-0.2, -0.15) is 13.2 Å². The average molecular weight is 344 g/mol. The SMILES string of the molecule is COc1ccc(NC(=O)CN2CCCCCC2=O)c(C(F)(F)F)c1. The minimum Gasteiger partial charge on any atom is -0.497 e. The van der Waals surface area contributed by atoms with Crippen LogP contribution in [0, 0.1) is 0 Å². The monoisotopic (exact) mass is 344 g/mol. The minimum atomic E-state index is -4.63. The quantitative estimate of drug-likeness (QED) is 0.913. The second-order valence-electron chi connectivity index (χ2n) is 5.58. The summed E-state index contributed by atoms with van der Waals surface area (Å²) in [5.41, 5.74) is -1.34. The predicted molar refractivity (Wildman–Crippen MR) is 81.7 cm³/mol. The summed E-state index contributed by atoms with van der Waals surface area (Å²) in [6.07, 6.45) is -1.80. The van der Waals surface area contributed by atoms with E-state index in [2.05, 4.69) is 5.32 Å². The highest BCUT2D eigenvalue weighted by atomic mass is 19.4. The van der Waals surface area contributed by atoms with Gasteiger partial charge in [0, 0.05) is 13.0 Å². The number of benzene rings is 1. The first-order chi connectivity index (χ1) is 11.3. The van der Waals surface area contributed by atoms with Crippen LogP contribution in [-0.2, 0) is 15.8 Å². The Balaban J connectivity index is 2.12. The van der Waals surface area contributed by atoms with Gasteiger partial charge in [0.25, 0.3) is 0 Å². The second-order valence-corrected chi connectivity index (χ2v) is 5.58. The number of likely N-dealkylation sites (tertiary alicyclic amines) is 1. The van der Waals surface area contributed by atoms with E-state index < -0.39 is 17.6 Å². The lowest BCUT2D eigenvalue weighted by atomic mass is 10.1. The Labute approximate surface area is 137 Å². The molecule has 1 aromatic carbocycles. The zero-order chi connectivity index (χ0) is 17.7. The Bertz CT molecular complexity index is 617. The summed E-state index contributed by atoms with van der Waals surface area (Å²) >= 11 is 0. The van der Waals surface area contributed by atoms with Crippen molar-refractivity contribution < 1.29 is 27.5 Å². The molecule has 0 spiro atoms. The number of alkyl halides is 3. The van der Waals surface area contributed by atoms with Gasteiger partial charge >= 0.3 is 6.18 Å². The molecule has 1 fully saturated rings. The molecular formula is C16H19F3N2O3. The molecule has 2 rings (SSSR count). The molecule has 24 heavy (non-hydrogen) atoms. The van der Waals surface area contributed by atoms with E-state index >= 15 is 0 Å². The highest BCUT2D eigenvalue weighted by Crippen LogP contribution is 2.37. The fraction of sp³-hybridized carbons (Fsp3) is 0.500. The molecule has 132 valence electrons. The summed E-state index contributed by atoms with van der Waals surface area (Å²) in [5.74, 6) is -0.752. The fourth-order valence-electron chi connectivity index (χ4n) is 2.56. The van der Waals surface area contributed by atoms with E-state index in [1.54, 1.807) is 0 Å². The lowest BCUT2D eigenvalue weighted by Crippen LogP contribution is -2.37. The number of hydrogen-bond donors (Lipinski definition) is 1. The van der Waals surface area contributed by atoms with Crippen molar-refractivity contribution in [2.45, 2.75) is 31.9 Å². The Morgan fingerprint density at radius 1 is 1.29 bits per heavy atom. The van der Waals surface area contributed by atoms with Gasteiger partial charge < -0.3 is 15.0 Å². The number of halogens is 3. The number of carbonyl (C=O) groups excluding carboxylic acids is 2. The first kappa shape index (κ1) is 18.1. The van der Waals surface area contributed by atoms with Crippen LogP contribution in [0.2, 0.25) is 0 Å². The first-order valence-electron chi connectivity index (χ1n) is 7.64. The number of methoxy groups -OCH3 is 1. The average Bonchev–Trinajstić information content (AvgIpc) is 2.71. The minimum absolute atomic E-state index is 0.0445. The normalized spacial score (nSPS) is 15.8. The Morgan fingerprint density at radius 3 is 2.71 bits per heavy atom. The van der Waals surface area contributed by atoms with Crippen molar-refractivity contribution in [2.24, 2.45) is 0 Å². The van der Waals surface area contributed by atoms with Crippen LogP contribution in [-0.4, -0.2) is 36.9 Å². The van der Waals surface area contributed by atoms with Gasteiger partial charge in [-0.25, -0.2) is 0 Å². The molecule has 1 aliphatic heterocycles. The van der Waals surface area contributed by atoms with E-state index in [-0.39, 0.29) is 23.9 Å². The Kier molecular flexibility index (Phi) is 5.69. The molecule has 0 aromatic heterocycles. The number of nitrogens with one attached hydrogen (secondary N) is 1. The summed E-state index contributed by atoms with van der Waals surface area (Å²) in [5, 5.41) is 2.25. The number of carbonyl (C=O) groups is 2. The number of ether oxygens (including phenoxy) is 1. The van der Waals surface area contributed by atoms with Gasteiger partial charge in [-0.3, -0.25) is 9.59 Å². The highest BCUT2D eigenvalue weighted by molar-refractivity contribution is 5.95. The van der Waals surface area contributed by atoms with Gasteiger partial charge in [-0.1, -0.05) is 6.42 Å². The molecule has 1 saturated heterocycles. The van der Waals surface area contributed by atoms with E-state index in [1.807, 2.05) is 0 Å². The van der Waals surface area contributed by atoms with E-state index in [0.29, 0.717) is 13.0 Å². The van der Waals surface area contributed by atoms with E-state index in [0.717, 1.165) is 31.4 Å². The molecule has 0 radical (unpaired) electrons. The maximum atomic E-state index is 13.1. The molecule has 0 aliphatic carbocycles. The lowest BCUT2D eigenvalue weighted by Gasteiger charge is -2.21. The van der Waals surface area contributed by atoms with Gasteiger partial charge in [0.05, 0.1) is 24.9 Å². The van der Waals surface area contributed by atoms with Crippen LogP contribution >= 0.6 is 0 Å². The van der Waals surface area contributed by atoms with Crippen LogP contribution < -0.4 is 10.1 Å². The van der Waals surface area contributed by atoms with Crippen LogP contribution in [0.1, 0.15) is 31.2 Å². The Hall–Kier alpha value is -2.25. The molecule has 2 amide bonds. The summed E-state index contributed by atoms with van der Waals surface area (Å²) in [7, 11) is 1.26. The van der Waals surface area contributed by atoms with Gasteiger partial charge in [-0.15, -0.1) is 0 Å². The van der Waals surface area contributed by atoms with Crippen molar-refractivity contribution in [3.8, 4) is 5.75 Å². The number of amides is 2. The maximum absolute atomic E-state index is 13.1. The summed E-state index contributed by atoms with van der Waals surface area (Å²) in [6.45, 7) is 0.198. The van der Waals surface area contributed by atoms with Crippen LogP contribution in [0.5, 0.6) is 5.75 Å². The molecular weight excluding hydrogens is 325 g/mol. The van der Waals surface area contributed by atoms with Crippen molar-refractivity contribution in [2.75, 3.05) is 25.5 Å². The maximum Gasteiger partial charge on any atom is 0.418 e. The third-order valence-electron chi connectivity index (χ3n) is 3.81. The number of hydrogen-bond acceptors (Lipinski definition) is 3. The van der Waals surface area contributed by atoms with Crippen molar-refractivity contribution in [3.05, 3.63) is 23.8 Å². The fourth-order valence-corrected chi connectivity index (χ4v) is 2.56. The standard InChI is InChI=1S/C16H19F3N2O3/c1-24-11-6-7-13(12(9-11)16(17,18)19)20-14(22)10-21-8-4-2-3-5-15(21)23/h6-7,9H,2-5,8,10H2,1H3,(H,20,22). The smallest absolute Gasteiger partial charge is 0.418 e. The van der Waals surface area contributed by atoms with Gasteiger partial charge in [0.15, 0.2) is 0 Å². The third kappa shape index (κ3) is 4.62. The van der Waals surface area contributed by atoms with Crippen LogP contribution in [0.25, 0.3) is 0 Å². The van der Waals surface area contributed by atoms with Gasteiger partial charge in [0.2, 0.25) is 11.8 Å². The number of nitrogens with zero attached hydrogens (tertiary/aromatic N) is 1. The molecule has 1 heterocycles. The van der Waals surface area contributed by atoms with E-state index in [9.17, 15) is 22.8 Å². The summed E-state index contributed by atoms with van der Waals surface area (Å²) < 4.78 is 44.1. The molecule has 0 unspecified atom stereocenters. The highest BCUT2D eigenvalue weighted by Gasteiger charge is 2.34. The second kappa shape index (κ2) is 7.55. The first-order valence-corrected chi connectivity index (χ1v) is 7.64. The van der Waals surface area contributed by atoms with Crippen molar-refractivity contribution in [1.29, 1.82) is 0 Å². The van der Waals surface area contributed by atoms with Gasteiger partial charge in [-0.05, 0) is 31.0 Å². The molecule has 0 bridgehead atoms. The predicted octanol–water partition coefficient (Wildman–Crippen LogP) is 3.06. The largest absolute Gasteiger partial charge is 0.497 e. The third-order valence-corrected chi connectivity index (χ3v) is 3.81. The summed E-state index contributed by atoms with van der Waals surface area (Å²) in [4.78, 5) is 25.3. The molecule has 1 aliphatic rings. The zero-order valence-electron chi connectivity index (χ0n) is 13.3. The van der Waals surface area contributed by atoms with Crippen molar-refractivity contribution >= 4 is 17.5 Å². The zero-order valence-corrected chi connectivity index (χ0v) is 13.3. The van der Waals surface area contributed by atoms with Crippen LogP contribution in [0.3, 0.4) is 0 Å². The van der Waals surface area contributed by atoms with Crippen molar-refractivity contribution in [3.63, 3.8) is 0 Å². The topological polar surface area (TPSA) is 58.6 Å². The number of anilines is 1. The molecule has 0 atom stereocenters. The van der Waals surface area contributed by atoms with E-state index in [4.69, 9.17) is 4.74 Å². The summed E-state index contributed by atoms with van der Waals surface area (Å²) in [6, 6.07) is 3.30. The van der Waals surface area contributed by atoms with E-state index in [1.165, 1.54) is 18.1 Å².